The number of rotatable bonds is 8. The molecule has 1 N–H and O–H groups in total. The minimum atomic E-state index is -3.09. The summed E-state index contributed by atoms with van der Waals surface area (Å²) in [5.41, 5.74) is 0. The second-order valence-electron chi connectivity index (χ2n) is 6.05. The average molecular weight is 319 g/mol. The van der Waals surface area contributed by atoms with E-state index in [0.29, 0.717) is 12.6 Å². The molecule has 0 aromatic rings. The lowest BCUT2D eigenvalue weighted by Gasteiger charge is -2.28. The molecule has 2 saturated heterocycles. The minimum Gasteiger partial charge on any atom is -0.380 e. The van der Waals surface area contributed by atoms with Crippen molar-refractivity contribution in [1.82, 2.24) is 14.5 Å². The average Bonchev–Trinajstić information content (AvgIpc) is 3.09. The van der Waals surface area contributed by atoms with Crippen molar-refractivity contribution >= 4 is 10.0 Å². The molecule has 0 aromatic heterocycles. The Kier molecular flexibility index (Phi) is 6.43. The zero-order valence-corrected chi connectivity index (χ0v) is 14.1. The lowest BCUT2D eigenvalue weighted by molar-refractivity contribution is 0.108. The van der Waals surface area contributed by atoms with Crippen LogP contribution in [0.25, 0.3) is 0 Å². The third-order valence-corrected chi connectivity index (χ3v) is 6.00. The molecule has 2 aliphatic heterocycles. The third kappa shape index (κ3) is 5.17. The number of methoxy groups -OCH3 is 1. The highest BCUT2D eigenvalue weighted by Crippen LogP contribution is 2.22. The summed E-state index contributed by atoms with van der Waals surface area (Å²) in [4.78, 5) is 4.90. The molecule has 2 atom stereocenters. The van der Waals surface area contributed by atoms with Crippen LogP contribution in [0.3, 0.4) is 0 Å². The van der Waals surface area contributed by atoms with E-state index in [4.69, 9.17) is 4.74 Å². The molecule has 0 aliphatic carbocycles. The van der Waals surface area contributed by atoms with Crippen LogP contribution in [0.4, 0.5) is 0 Å². The number of nitrogens with zero attached hydrogens (tertiary/aromatic N) is 2. The summed E-state index contributed by atoms with van der Waals surface area (Å²) in [5, 5.41) is 0. The van der Waals surface area contributed by atoms with Crippen molar-refractivity contribution in [2.75, 3.05) is 52.1 Å². The highest BCUT2D eigenvalue weighted by Gasteiger charge is 2.33. The summed E-state index contributed by atoms with van der Waals surface area (Å²) in [5.74, 6) is 0.144. The molecular formula is C14H29N3O3S. The molecule has 124 valence electrons. The number of likely N-dealkylation sites (tertiary alicyclic amines) is 2. The summed E-state index contributed by atoms with van der Waals surface area (Å²) in [6.07, 6.45) is 3.93. The molecule has 7 heteroatoms. The zero-order valence-electron chi connectivity index (χ0n) is 13.3. The van der Waals surface area contributed by atoms with E-state index >= 15 is 0 Å². The number of hydrogen-bond acceptors (Lipinski definition) is 5. The van der Waals surface area contributed by atoms with E-state index in [2.05, 4.69) is 14.5 Å². The van der Waals surface area contributed by atoms with Crippen LogP contribution in [0.5, 0.6) is 0 Å². The van der Waals surface area contributed by atoms with E-state index in [1.807, 2.05) is 0 Å². The van der Waals surface area contributed by atoms with Gasteiger partial charge in [0.2, 0.25) is 10.0 Å². The van der Waals surface area contributed by atoms with Gasteiger partial charge in [-0.3, -0.25) is 4.90 Å². The Bertz CT molecular complexity index is 410. The molecule has 6 nitrogen and oxygen atoms in total. The largest absolute Gasteiger partial charge is 0.380 e. The van der Waals surface area contributed by atoms with Crippen LogP contribution < -0.4 is 4.72 Å². The third-order valence-electron chi connectivity index (χ3n) is 4.59. The van der Waals surface area contributed by atoms with Crippen LogP contribution in [0.15, 0.2) is 0 Å². The standard InChI is InChI=1S/C14H29N3O3S/c1-3-21(18,19)15-6-9-17-12-14(20-2)10-13(17)11-16-7-4-5-8-16/h13-15H,3-12H2,1-2H3/t13-,14-/m0/s1. The lowest BCUT2D eigenvalue weighted by Crippen LogP contribution is -2.43. The van der Waals surface area contributed by atoms with Gasteiger partial charge in [0.15, 0.2) is 0 Å². The Morgan fingerprint density at radius 1 is 1.29 bits per heavy atom. The molecule has 0 aromatic carbocycles. The molecule has 0 unspecified atom stereocenters. The van der Waals surface area contributed by atoms with E-state index in [1.54, 1.807) is 14.0 Å². The van der Waals surface area contributed by atoms with Crippen molar-refractivity contribution in [3.63, 3.8) is 0 Å². The quantitative estimate of drug-likeness (QED) is 0.688. The van der Waals surface area contributed by atoms with Crippen LogP contribution in [0.1, 0.15) is 26.2 Å². The SMILES string of the molecule is CCS(=O)(=O)NCCN1C[C@@H](OC)C[C@H]1CN1CCCC1. The fourth-order valence-corrected chi connectivity index (χ4v) is 3.89. The molecule has 21 heavy (non-hydrogen) atoms. The predicted molar refractivity (Wildman–Crippen MR) is 83.9 cm³/mol. The summed E-state index contributed by atoms with van der Waals surface area (Å²) in [6.45, 7) is 7.30. The van der Waals surface area contributed by atoms with Crippen molar-refractivity contribution in [1.29, 1.82) is 0 Å². The normalized spacial score (nSPS) is 28.5. The van der Waals surface area contributed by atoms with Gasteiger partial charge in [-0.25, -0.2) is 13.1 Å². The Labute approximate surface area is 128 Å². The lowest BCUT2D eigenvalue weighted by atomic mass is 10.2. The fraction of sp³-hybridized carbons (Fsp3) is 1.00. The van der Waals surface area contributed by atoms with Gasteiger partial charge in [0.1, 0.15) is 0 Å². The molecule has 2 fully saturated rings. The molecule has 2 aliphatic rings. The van der Waals surface area contributed by atoms with Crippen LogP contribution in [-0.4, -0.2) is 82.5 Å². The molecule has 0 spiro atoms. The van der Waals surface area contributed by atoms with E-state index < -0.39 is 10.0 Å². The predicted octanol–water partition coefficient (Wildman–Crippen LogP) is 0.111. The second-order valence-corrected chi connectivity index (χ2v) is 8.14. The monoisotopic (exact) mass is 319 g/mol. The van der Waals surface area contributed by atoms with Crippen molar-refractivity contribution in [3.05, 3.63) is 0 Å². The van der Waals surface area contributed by atoms with Crippen LogP contribution >= 0.6 is 0 Å². The first-order valence-corrected chi connectivity index (χ1v) is 9.66. The first-order valence-electron chi connectivity index (χ1n) is 8.00. The van der Waals surface area contributed by atoms with Gasteiger partial charge in [-0.05, 0) is 39.3 Å². The summed E-state index contributed by atoms with van der Waals surface area (Å²) in [7, 11) is -1.32. The van der Waals surface area contributed by atoms with Gasteiger partial charge >= 0.3 is 0 Å². The molecule has 0 amide bonds. The molecule has 2 heterocycles. The molecule has 0 saturated carbocycles. The first-order chi connectivity index (χ1) is 10.0. The van der Waals surface area contributed by atoms with Crippen LogP contribution in [0.2, 0.25) is 0 Å². The van der Waals surface area contributed by atoms with Crippen molar-refractivity contribution in [3.8, 4) is 0 Å². The summed E-state index contributed by atoms with van der Waals surface area (Å²) >= 11 is 0. The first kappa shape index (κ1) is 17.1. The number of nitrogens with one attached hydrogen (secondary N) is 1. The molecular weight excluding hydrogens is 290 g/mol. The number of sulfonamides is 1. The molecule has 0 bridgehead atoms. The maximum Gasteiger partial charge on any atom is 0.211 e. The van der Waals surface area contributed by atoms with E-state index in [9.17, 15) is 8.42 Å². The number of ether oxygens (including phenoxy) is 1. The van der Waals surface area contributed by atoms with E-state index in [-0.39, 0.29) is 11.9 Å². The van der Waals surface area contributed by atoms with Crippen molar-refractivity contribution in [2.45, 2.75) is 38.3 Å². The second kappa shape index (κ2) is 7.87. The summed E-state index contributed by atoms with van der Waals surface area (Å²) in [6, 6.07) is 0.485. The van der Waals surface area contributed by atoms with E-state index in [1.165, 1.54) is 25.9 Å². The molecule has 0 radical (unpaired) electrons. The van der Waals surface area contributed by atoms with Gasteiger partial charge in [0.05, 0.1) is 11.9 Å². The van der Waals surface area contributed by atoms with Gasteiger partial charge in [0.25, 0.3) is 0 Å². The Morgan fingerprint density at radius 2 is 2.00 bits per heavy atom. The molecule has 2 rings (SSSR count). The summed E-state index contributed by atoms with van der Waals surface area (Å²) < 4.78 is 31.1. The Balaban J connectivity index is 1.82. The van der Waals surface area contributed by atoms with Crippen LogP contribution in [-0.2, 0) is 14.8 Å². The highest BCUT2D eigenvalue weighted by atomic mass is 32.2. The maximum atomic E-state index is 11.5. The van der Waals surface area contributed by atoms with E-state index in [0.717, 1.165) is 26.1 Å². The minimum absolute atomic E-state index is 0.144. The zero-order chi connectivity index (χ0) is 15.3. The van der Waals surface area contributed by atoms with Crippen molar-refractivity contribution < 1.29 is 13.2 Å². The maximum absolute atomic E-state index is 11.5. The van der Waals surface area contributed by atoms with Gasteiger partial charge in [-0.2, -0.15) is 0 Å². The Hall–Kier alpha value is -0.210. The van der Waals surface area contributed by atoms with Gasteiger partial charge in [0, 0.05) is 39.3 Å². The smallest absolute Gasteiger partial charge is 0.211 e. The number of hydrogen-bond donors (Lipinski definition) is 1. The van der Waals surface area contributed by atoms with Gasteiger partial charge in [-0.1, -0.05) is 0 Å². The van der Waals surface area contributed by atoms with Gasteiger partial charge in [-0.15, -0.1) is 0 Å². The Morgan fingerprint density at radius 3 is 2.62 bits per heavy atom. The van der Waals surface area contributed by atoms with Crippen molar-refractivity contribution in [2.24, 2.45) is 0 Å². The van der Waals surface area contributed by atoms with Gasteiger partial charge < -0.3 is 9.64 Å². The topological polar surface area (TPSA) is 61.9 Å². The highest BCUT2D eigenvalue weighted by molar-refractivity contribution is 7.89. The van der Waals surface area contributed by atoms with Crippen LogP contribution in [0, 0.1) is 0 Å². The fourth-order valence-electron chi connectivity index (χ4n) is 3.28.